The zero-order chi connectivity index (χ0) is 16.4. The highest BCUT2D eigenvalue weighted by atomic mass is 16.5. The fraction of sp³-hybridized carbons (Fsp3) is 0.294. The number of aliphatic hydroxyl groups is 1. The first-order valence-corrected chi connectivity index (χ1v) is 7.27. The number of benzene rings is 1. The number of carbonyl (C=O) groups excluding carboxylic acids is 2. The summed E-state index contributed by atoms with van der Waals surface area (Å²) in [5, 5.41) is 10.2. The smallest absolute Gasteiger partial charge is 0.314 e. The van der Waals surface area contributed by atoms with Crippen molar-refractivity contribution < 1.29 is 23.8 Å². The Labute approximate surface area is 133 Å². The van der Waals surface area contributed by atoms with Gasteiger partial charge in [0.25, 0.3) is 5.91 Å². The molecule has 1 amide bonds. The molecule has 1 aromatic heterocycles. The van der Waals surface area contributed by atoms with Crippen molar-refractivity contribution in [3.63, 3.8) is 0 Å². The summed E-state index contributed by atoms with van der Waals surface area (Å²) in [4.78, 5) is 26.0. The number of likely N-dealkylation sites (tertiary alicyclic amines) is 1. The summed E-state index contributed by atoms with van der Waals surface area (Å²) in [7, 11) is 1.23. The molecule has 6 nitrogen and oxygen atoms in total. The Morgan fingerprint density at radius 3 is 2.61 bits per heavy atom. The van der Waals surface area contributed by atoms with Gasteiger partial charge in [-0.1, -0.05) is 30.3 Å². The van der Waals surface area contributed by atoms with Crippen LogP contribution in [0.2, 0.25) is 0 Å². The first-order chi connectivity index (χ1) is 11.1. The molecular weight excluding hydrogens is 298 g/mol. The van der Waals surface area contributed by atoms with Gasteiger partial charge in [-0.3, -0.25) is 9.59 Å². The van der Waals surface area contributed by atoms with E-state index in [0.717, 1.165) is 5.56 Å². The molecule has 23 heavy (non-hydrogen) atoms. The van der Waals surface area contributed by atoms with Crippen molar-refractivity contribution in [2.45, 2.75) is 18.7 Å². The van der Waals surface area contributed by atoms with E-state index in [2.05, 4.69) is 0 Å². The maximum Gasteiger partial charge on any atom is 0.314 e. The first kappa shape index (κ1) is 15.3. The highest BCUT2D eigenvalue weighted by Gasteiger charge is 2.53. The SMILES string of the molecule is COC(=O)C1C(O)C(=O)N(Cc2ccccc2)C1c1ccco1. The molecule has 0 radical (unpaired) electrons. The summed E-state index contributed by atoms with van der Waals surface area (Å²) in [5.41, 5.74) is 0.898. The number of furan rings is 1. The van der Waals surface area contributed by atoms with Gasteiger partial charge in [-0.15, -0.1) is 0 Å². The molecule has 0 bridgehead atoms. The predicted octanol–water partition coefficient (Wildman–Crippen LogP) is 1.51. The number of aliphatic hydroxyl groups excluding tert-OH is 1. The second-order valence-electron chi connectivity index (χ2n) is 5.41. The second-order valence-corrected chi connectivity index (χ2v) is 5.41. The number of carbonyl (C=O) groups is 2. The van der Waals surface area contributed by atoms with Crippen LogP contribution in [0.5, 0.6) is 0 Å². The molecule has 1 N–H and O–H groups in total. The molecule has 1 aliphatic rings. The largest absolute Gasteiger partial charge is 0.469 e. The Bertz CT molecular complexity index is 682. The van der Waals surface area contributed by atoms with Crippen molar-refractivity contribution in [3.8, 4) is 0 Å². The van der Waals surface area contributed by atoms with Crippen LogP contribution in [-0.2, 0) is 20.9 Å². The lowest BCUT2D eigenvalue weighted by molar-refractivity contribution is -0.150. The number of methoxy groups -OCH3 is 1. The van der Waals surface area contributed by atoms with Crippen LogP contribution in [0.3, 0.4) is 0 Å². The van der Waals surface area contributed by atoms with Gasteiger partial charge >= 0.3 is 5.97 Å². The number of nitrogens with zero attached hydrogens (tertiary/aromatic N) is 1. The molecule has 0 saturated carbocycles. The van der Waals surface area contributed by atoms with Crippen LogP contribution in [0.15, 0.2) is 53.1 Å². The number of hydrogen-bond donors (Lipinski definition) is 1. The Balaban J connectivity index is 1.98. The summed E-state index contributed by atoms with van der Waals surface area (Å²) in [6, 6.07) is 12.0. The molecule has 3 unspecified atom stereocenters. The average molecular weight is 315 g/mol. The second kappa shape index (κ2) is 6.26. The van der Waals surface area contributed by atoms with E-state index in [1.165, 1.54) is 18.3 Å². The van der Waals surface area contributed by atoms with E-state index >= 15 is 0 Å². The number of hydrogen-bond acceptors (Lipinski definition) is 5. The van der Waals surface area contributed by atoms with Crippen LogP contribution < -0.4 is 0 Å². The first-order valence-electron chi connectivity index (χ1n) is 7.27. The molecule has 3 rings (SSSR count). The summed E-state index contributed by atoms with van der Waals surface area (Å²) in [6.07, 6.45) is 0.0285. The topological polar surface area (TPSA) is 80.0 Å². The van der Waals surface area contributed by atoms with Crippen LogP contribution in [0.25, 0.3) is 0 Å². The number of esters is 1. The van der Waals surface area contributed by atoms with Gasteiger partial charge in [0.15, 0.2) is 0 Å². The van der Waals surface area contributed by atoms with Crippen LogP contribution in [0.4, 0.5) is 0 Å². The van der Waals surface area contributed by atoms with E-state index in [1.807, 2.05) is 30.3 Å². The van der Waals surface area contributed by atoms with Gasteiger partial charge < -0.3 is 19.2 Å². The molecule has 1 aromatic carbocycles. The molecule has 0 spiro atoms. The Morgan fingerprint density at radius 1 is 1.26 bits per heavy atom. The molecule has 1 aliphatic heterocycles. The highest BCUT2D eigenvalue weighted by Crippen LogP contribution is 2.40. The third-order valence-corrected chi connectivity index (χ3v) is 4.06. The maximum absolute atomic E-state index is 12.5. The molecule has 2 aromatic rings. The third kappa shape index (κ3) is 2.73. The van der Waals surface area contributed by atoms with Gasteiger partial charge in [0.1, 0.15) is 23.8 Å². The quantitative estimate of drug-likeness (QED) is 0.865. The number of rotatable bonds is 4. The van der Waals surface area contributed by atoms with Gasteiger partial charge in [-0.2, -0.15) is 0 Å². The van der Waals surface area contributed by atoms with Crippen molar-refractivity contribution in [3.05, 3.63) is 60.1 Å². The fourth-order valence-electron chi connectivity index (χ4n) is 2.97. The minimum Gasteiger partial charge on any atom is -0.469 e. The summed E-state index contributed by atoms with van der Waals surface area (Å²) in [5.74, 6) is -1.71. The molecule has 1 saturated heterocycles. The summed E-state index contributed by atoms with van der Waals surface area (Å²) >= 11 is 0. The lowest BCUT2D eigenvalue weighted by atomic mass is 9.96. The predicted molar refractivity (Wildman–Crippen MR) is 80.0 cm³/mol. The zero-order valence-electron chi connectivity index (χ0n) is 12.6. The molecule has 120 valence electrons. The number of ether oxygens (including phenoxy) is 1. The Morgan fingerprint density at radius 2 is 2.00 bits per heavy atom. The van der Waals surface area contributed by atoms with E-state index in [9.17, 15) is 14.7 Å². The number of amides is 1. The van der Waals surface area contributed by atoms with Crippen molar-refractivity contribution in [2.24, 2.45) is 5.92 Å². The molecule has 2 heterocycles. The van der Waals surface area contributed by atoms with E-state index in [0.29, 0.717) is 5.76 Å². The van der Waals surface area contributed by atoms with Crippen LogP contribution in [0, 0.1) is 5.92 Å². The van der Waals surface area contributed by atoms with E-state index in [4.69, 9.17) is 9.15 Å². The molecule has 3 atom stereocenters. The van der Waals surface area contributed by atoms with Crippen LogP contribution in [0.1, 0.15) is 17.4 Å². The lowest BCUT2D eigenvalue weighted by Crippen LogP contribution is -2.30. The molecule has 0 aliphatic carbocycles. The summed E-state index contributed by atoms with van der Waals surface area (Å²) < 4.78 is 10.2. The van der Waals surface area contributed by atoms with Gasteiger partial charge in [-0.05, 0) is 17.7 Å². The average Bonchev–Trinajstić information content (AvgIpc) is 3.18. The van der Waals surface area contributed by atoms with E-state index in [-0.39, 0.29) is 6.54 Å². The van der Waals surface area contributed by atoms with Gasteiger partial charge in [0, 0.05) is 6.54 Å². The molecular formula is C17H17NO5. The summed E-state index contributed by atoms with van der Waals surface area (Å²) in [6.45, 7) is 0.273. The van der Waals surface area contributed by atoms with Crippen molar-refractivity contribution in [2.75, 3.05) is 7.11 Å². The minimum atomic E-state index is -1.44. The standard InChI is InChI=1S/C17H17NO5/c1-22-17(21)13-14(12-8-5-9-23-12)18(16(20)15(13)19)10-11-6-3-2-4-7-11/h2-9,13-15,19H,10H2,1H3. The Hall–Kier alpha value is -2.60. The van der Waals surface area contributed by atoms with E-state index in [1.54, 1.807) is 12.1 Å². The van der Waals surface area contributed by atoms with Gasteiger partial charge in [0.05, 0.1) is 13.4 Å². The van der Waals surface area contributed by atoms with Crippen molar-refractivity contribution >= 4 is 11.9 Å². The lowest BCUT2D eigenvalue weighted by Gasteiger charge is -2.25. The third-order valence-electron chi connectivity index (χ3n) is 4.06. The fourth-order valence-corrected chi connectivity index (χ4v) is 2.97. The van der Waals surface area contributed by atoms with Crippen LogP contribution >= 0.6 is 0 Å². The highest BCUT2D eigenvalue weighted by molar-refractivity contribution is 5.91. The monoisotopic (exact) mass is 315 g/mol. The Kier molecular flexibility index (Phi) is 4.16. The zero-order valence-corrected chi connectivity index (χ0v) is 12.6. The van der Waals surface area contributed by atoms with Gasteiger partial charge in [0.2, 0.25) is 0 Å². The van der Waals surface area contributed by atoms with Crippen molar-refractivity contribution in [1.29, 1.82) is 0 Å². The molecule has 6 heteroatoms. The minimum absolute atomic E-state index is 0.273. The van der Waals surface area contributed by atoms with Crippen molar-refractivity contribution in [1.82, 2.24) is 4.90 Å². The van der Waals surface area contributed by atoms with Crippen LogP contribution in [-0.4, -0.2) is 35.1 Å². The normalized spacial score (nSPS) is 24.0. The van der Waals surface area contributed by atoms with Gasteiger partial charge in [-0.25, -0.2) is 0 Å². The van der Waals surface area contributed by atoms with E-state index < -0.39 is 29.9 Å². The molecule has 1 fully saturated rings. The maximum atomic E-state index is 12.5.